The van der Waals surface area contributed by atoms with Crippen LogP contribution in [0.3, 0.4) is 0 Å². The number of allylic oxidation sites excluding steroid dienone is 5. The molecule has 2 heterocycles. The zero-order valence-corrected chi connectivity index (χ0v) is 45.7. The summed E-state index contributed by atoms with van der Waals surface area (Å²) in [6, 6.07) is 45.3. The molecule has 13 rings (SSSR count). The highest BCUT2D eigenvalue weighted by atomic mass is 16.5. The van der Waals surface area contributed by atoms with Gasteiger partial charge in [0, 0.05) is 56.1 Å². The van der Waals surface area contributed by atoms with Gasteiger partial charge in [-0.3, -0.25) is 0 Å². The molecule has 3 nitrogen and oxygen atoms in total. The summed E-state index contributed by atoms with van der Waals surface area (Å²) in [6.07, 6.45) is 7.67. The van der Waals surface area contributed by atoms with E-state index in [1.165, 1.54) is 116 Å². The number of ether oxygens (including phenoxy) is 1. The molecule has 348 valence electrons. The molecule has 1 aromatic heterocycles. The summed E-state index contributed by atoms with van der Waals surface area (Å²) < 4.78 is 13.8. The zero-order chi connectivity index (χ0) is 51.7. The topological polar surface area (TPSA) is 25.6 Å². The van der Waals surface area contributed by atoms with Crippen LogP contribution in [-0.2, 0) is 10.8 Å². The van der Waals surface area contributed by atoms with Gasteiger partial charge in [0.25, 0.3) is 0 Å². The second kappa shape index (κ2) is 16.1. The number of furan rings is 1. The maximum atomic E-state index is 7.11. The molecule has 3 aliphatic carbocycles. The van der Waals surface area contributed by atoms with E-state index in [9.17, 15) is 0 Å². The maximum absolute atomic E-state index is 7.11. The highest BCUT2D eigenvalue weighted by Gasteiger charge is 2.62. The van der Waals surface area contributed by atoms with E-state index in [2.05, 4.69) is 251 Å². The number of fused-ring (bicyclic) bond motifs is 10. The average Bonchev–Trinajstić information content (AvgIpc) is 4.05. The summed E-state index contributed by atoms with van der Waals surface area (Å²) in [5.41, 5.74) is 28.3. The summed E-state index contributed by atoms with van der Waals surface area (Å²) in [5.74, 6) is 2.26. The summed E-state index contributed by atoms with van der Waals surface area (Å²) in [6.45, 7) is 9.94. The summed E-state index contributed by atoms with van der Waals surface area (Å²) in [5, 5.41) is 4.71. The van der Waals surface area contributed by atoms with Gasteiger partial charge in [-0.25, -0.2) is 0 Å². The molecular weight excluding hydrogens is 887 g/mol. The largest absolute Gasteiger partial charge is 0.460 e. The SMILES string of the molecule is Bc1c(B)c(B)c(C2c3cc4cc(-c5ccccc5)c(N(c5ccc6c(c5)oc5ccccc56)c5c(B)c(B)c(B)c(B)c5B)cc4cc3C3(C)C=CC(C)C4=C3C2(C)C=C2Oc3ccccc3C24C)c(B)c1B. The predicted octanol–water partition coefficient (Wildman–Crippen LogP) is -1.38. The first kappa shape index (κ1) is 47.0. The third kappa shape index (κ3) is 6.16. The van der Waals surface area contributed by atoms with Crippen molar-refractivity contribution in [1.82, 2.24) is 0 Å². The number of benzene rings is 8. The van der Waals surface area contributed by atoms with E-state index in [0.717, 1.165) is 44.8 Å². The van der Waals surface area contributed by atoms with Crippen molar-refractivity contribution in [2.24, 2.45) is 11.3 Å². The first-order chi connectivity index (χ1) is 35.4. The molecule has 0 saturated carbocycles. The molecule has 5 atom stereocenters. The van der Waals surface area contributed by atoms with Gasteiger partial charge in [-0.05, 0) is 107 Å². The van der Waals surface area contributed by atoms with Crippen LogP contribution in [0.1, 0.15) is 55.9 Å². The van der Waals surface area contributed by atoms with Crippen LogP contribution in [0.4, 0.5) is 17.1 Å². The van der Waals surface area contributed by atoms with Crippen molar-refractivity contribution in [2.45, 2.75) is 44.4 Å². The van der Waals surface area contributed by atoms with Crippen LogP contribution >= 0.6 is 0 Å². The lowest BCUT2D eigenvalue weighted by Crippen LogP contribution is -2.59. The number of hydrogen-bond donors (Lipinski definition) is 0. The van der Waals surface area contributed by atoms with Crippen molar-refractivity contribution in [3.05, 3.63) is 179 Å². The third-order valence-corrected chi connectivity index (χ3v) is 19.7. The Bertz CT molecular complexity index is 4050. The third-order valence-electron chi connectivity index (χ3n) is 19.7. The van der Waals surface area contributed by atoms with Crippen LogP contribution in [0.5, 0.6) is 5.75 Å². The van der Waals surface area contributed by atoms with Gasteiger partial charge in [0.1, 0.15) is 101 Å². The van der Waals surface area contributed by atoms with E-state index in [1.54, 1.807) is 0 Å². The van der Waals surface area contributed by atoms with E-state index in [1.807, 2.05) is 0 Å². The summed E-state index contributed by atoms with van der Waals surface area (Å²) in [4.78, 5) is 2.55. The van der Waals surface area contributed by atoms with E-state index >= 15 is 0 Å². The Morgan fingerprint density at radius 3 is 1.88 bits per heavy atom. The lowest BCUT2D eigenvalue weighted by atomic mass is 9.43. The standard InChI is InChI=1S/C61H57B10NO2/c1-28-20-21-59(2)38-24-31-25-39(72(57-55(70)53(68)52(67)54(69)56(57)71)32-18-19-34-33-14-8-10-16-40(33)73-42(34)26-32)35(29-12-6-5-7-13-29)22-30(31)23-36(38)46(44-47(62)49(64)51(66)50(65)48(44)63)60(3)27-43-61(4,45(28)58(59)60)37-15-9-11-17-41(37)74-43/h5-28,46H,62-71H2,1-4H3. The van der Waals surface area contributed by atoms with E-state index in [-0.39, 0.29) is 11.8 Å². The minimum Gasteiger partial charge on any atom is -0.460 e. The molecule has 0 bridgehead atoms. The molecule has 0 radical (unpaired) electrons. The lowest BCUT2D eigenvalue weighted by Gasteiger charge is -2.58. The van der Waals surface area contributed by atoms with Crippen LogP contribution < -0.4 is 64.3 Å². The fourth-order valence-corrected chi connectivity index (χ4v) is 15.0. The first-order valence-corrected chi connectivity index (χ1v) is 26.9. The van der Waals surface area contributed by atoms with Gasteiger partial charge < -0.3 is 14.1 Å². The van der Waals surface area contributed by atoms with Gasteiger partial charge in [-0.1, -0.05) is 137 Å². The lowest BCUT2D eigenvalue weighted by molar-refractivity contribution is 0.291. The van der Waals surface area contributed by atoms with Gasteiger partial charge in [0.15, 0.2) is 0 Å². The van der Waals surface area contributed by atoms with Crippen LogP contribution in [0.2, 0.25) is 0 Å². The average molecular weight is 944 g/mol. The molecular formula is C61H57B10NO2. The van der Waals surface area contributed by atoms with Gasteiger partial charge in [0.2, 0.25) is 0 Å². The molecule has 0 saturated heterocycles. The Balaban J connectivity index is 1.16. The fourth-order valence-electron chi connectivity index (χ4n) is 15.0. The van der Waals surface area contributed by atoms with Gasteiger partial charge >= 0.3 is 0 Å². The highest BCUT2D eigenvalue weighted by molar-refractivity contribution is 6.69. The quantitative estimate of drug-likeness (QED) is 0.158. The van der Waals surface area contributed by atoms with Gasteiger partial charge in [-0.2, -0.15) is 0 Å². The molecule has 5 unspecified atom stereocenters. The monoisotopic (exact) mass is 946 g/mol. The minimum absolute atomic E-state index is 0.0109. The second-order valence-corrected chi connectivity index (χ2v) is 23.2. The number of nitrogens with zero attached hydrogens (tertiary/aromatic N) is 1. The Morgan fingerprint density at radius 1 is 0.554 bits per heavy atom. The van der Waals surface area contributed by atoms with Crippen LogP contribution in [0, 0.1) is 11.3 Å². The molecule has 8 aromatic carbocycles. The van der Waals surface area contributed by atoms with Crippen LogP contribution in [0.25, 0.3) is 43.8 Å². The molecule has 1 aliphatic heterocycles. The highest BCUT2D eigenvalue weighted by Crippen LogP contribution is 2.69. The minimum atomic E-state index is -0.422. The smallest absolute Gasteiger partial charge is 0.141 e. The predicted molar refractivity (Wildman–Crippen MR) is 345 cm³/mol. The Labute approximate surface area is 445 Å². The van der Waals surface area contributed by atoms with E-state index in [0.29, 0.717) is 0 Å². The van der Waals surface area contributed by atoms with Gasteiger partial charge in [0.05, 0.1) is 11.1 Å². The number of anilines is 3. The molecule has 0 amide bonds. The van der Waals surface area contributed by atoms with Crippen LogP contribution in [0.15, 0.2) is 161 Å². The van der Waals surface area contributed by atoms with Crippen molar-refractivity contribution in [2.75, 3.05) is 4.90 Å². The molecule has 0 N–H and O–H groups in total. The van der Waals surface area contributed by atoms with Crippen molar-refractivity contribution in [3.63, 3.8) is 0 Å². The van der Waals surface area contributed by atoms with Crippen LogP contribution in [-0.4, -0.2) is 78.5 Å². The molecule has 9 aromatic rings. The summed E-state index contributed by atoms with van der Waals surface area (Å²) in [7, 11) is 23.2. The van der Waals surface area contributed by atoms with Gasteiger partial charge in [-0.15, -0.1) is 21.9 Å². The molecule has 4 aliphatic rings. The Kier molecular flexibility index (Phi) is 10.3. The molecule has 0 spiro atoms. The van der Waals surface area contributed by atoms with E-state index in [4.69, 9.17) is 9.15 Å². The fraction of sp³-hybridized carbons (Fsp3) is 0.148. The molecule has 74 heavy (non-hydrogen) atoms. The van der Waals surface area contributed by atoms with Crippen molar-refractivity contribution in [1.29, 1.82) is 0 Å². The van der Waals surface area contributed by atoms with Crippen molar-refractivity contribution >= 4 is 183 Å². The Morgan fingerprint density at radius 2 is 1.16 bits per heavy atom. The molecule has 0 fully saturated rings. The number of para-hydroxylation sites is 2. The molecule has 13 heteroatoms. The van der Waals surface area contributed by atoms with Crippen molar-refractivity contribution in [3.8, 4) is 16.9 Å². The van der Waals surface area contributed by atoms with E-state index < -0.39 is 16.2 Å². The Hall–Kier alpha value is -6.71. The number of rotatable bonds is 5. The second-order valence-electron chi connectivity index (χ2n) is 23.2. The summed E-state index contributed by atoms with van der Waals surface area (Å²) >= 11 is 0. The van der Waals surface area contributed by atoms with Crippen molar-refractivity contribution < 1.29 is 9.15 Å². The zero-order valence-electron chi connectivity index (χ0n) is 45.7. The normalized spacial score (nSPS) is 22.3. The first-order valence-electron chi connectivity index (χ1n) is 26.9. The number of hydrogen-bond acceptors (Lipinski definition) is 3. The maximum Gasteiger partial charge on any atom is 0.141 e.